The number of phenols is 1. The molecule has 0 amide bonds. The number of methoxy groups -OCH3 is 1. The van der Waals surface area contributed by atoms with Crippen LogP contribution in [0.15, 0.2) is 42.5 Å². The Morgan fingerprint density at radius 1 is 1.18 bits per heavy atom. The maximum absolute atomic E-state index is 10.1. The van der Waals surface area contributed by atoms with Gasteiger partial charge >= 0.3 is 0 Å². The average Bonchev–Trinajstić information content (AvgIpc) is 2.89. The molecule has 0 fully saturated rings. The van der Waals surface area contributed by atoms with E-state index in [0.29, 0.717) is 22.9 Å². The Morgan fingerprint density at radius 2 is 2.00 bits per heavy atom. The summed E-state index contributed by atoms with van der Waals surface area (Å²) >= 11 is 0. The third-order valence-corrected chi connectivity index (χ3v) is 3.41. The topological polar surface area (TPSA) is 86.2 Å². The van der Waals surface area contributed by atoms with Crippen molar-refractivity contribution in [1.82, 2.24) is 15.0 Å². The lowest BCUT2D eigenvalue weighted by Crippen LogP contribution is -2.02. The predicted molar refractivity (Wildman–Crippen MR) is 84.2 cm³/mol. The third kappa shape index (κ3) is 2.35. The van der Waals surface area contributed by atoms with Gasteiger partial charge in [-0.05, 0) is 36.8 Å². The van der Waals surface area contributed by atoms with Gasteiger partial charge in [-0.15, -0.1) is 5.10 Å². The fraction of sp³-hybridized carbons (Fsp3) is 0.125. The molecule has 1 heterocycles. The predicted octanol–water partition coefficient (Wildman–Crippen LogP) is 2.54. The Kier molecular flexibility index (Phi) is 3.42. The van der Waals surface area contributed by atoms with E-state index in [1.165, 1.54) is 4.68 Å². The van der Waals surface area contributed by atoms with Crippen molar-refractivity contribution in [3.8, 4) is 28.4 Å². The van der Waals surface area contributed by atoms with Crippen LogP contribution in [0.1, 0.15) is 5.56 Å². The molecule has 0 aliphatic carbocycles. The SMILES string of the molecule is COc1cccc(-c2nnn(-c3ccc(C)cc3O)c2N)c1. The van der Waals surface area contributed by atoms with Crippen molar-refractivity contribution in [3.05, 3.63) is 48.0 Å². The summed E-state index contributed by atoms with van der Waals surface area (Å²) in [5.74, 6) is 1.17. The van der Waals surface area contributed by atoms with Crippen molar-refractivity contribution in [2.24, 2.45) is 0 Å². The summed E-state index contributed by atoms with van der Waals surface area (Å²) in [6, 6.07) is 12.7. The molecule has 6 nitrogen and oxygen atoms in total. The fourth-order valence-corrected chi connectivity index (χ4v) is 2.26. The lowest BCUT2D eigenvalue weighted by atomic mass is 10.1. The molecule has 0 saturated carbocycles. The number of aromatic nitrogens is 3. The molecule has 0 saturated heterocycles. The maximum atomic E-state index is 10.1. The van der Waals surface area contributed by atoms with Crippen LogP contribution >= 0.6 is 0 Å². The summed E-state index contributed by atoms with van der Waals surface area (Å²) in [6.45, 7) is 1.90. The molecule has 0 bridgehead atoms. The number of ether oxygens (including phenoxy) is 1. The highest BCUT2D eigenvalue weighted by Crippen LogP contribution is 2.30. The zero-order chi connectivity index (χ0) is 15.7. The van der Waals surface area contributed by atoms with Crippen LogP contribution in [0.3, 0.4) is 0 Å². The number of phenolic OH excluding ortho intramolecular Hbond substituents is 1. The first-order valence-corrected chi connectivity index (χ1v) is 6.75. The van der Waals surface area contributed by atoms with Crippen LogP contribution in [-0.2, 0) is 0 Å². The molecule has 3 rings (SSSR count). The van der Waals surface area contributed by atoms with Gasteiger partial charge in [0.2, 0.25) is 0 Å². The quantitative estimate of drug-likeness (QED) is 0.775. The van der Waals surface area contributed by atoms with E-state index in [4.69, 9.17) is 10.5 Å². The molecule has 0 radical (unpaired) electrons. The van der Waals surface area contributed by atoms with Gasteiger partial charge in [-0.2, -0.15) is 4.68 Å². The molecule has 3 N–H and O–H groups in total. The molecule has 0 aliphatic heterocycles. The highest BCUT2D eigenvalue weighted by Gasteiger charge is 2.15. The second kappa shape index (κ2) is 5.40. The van der Waals surface area contributed by atoms with E-state index in [1.807, 2.05) is 37.3 Å². The molecule has 0 spiro atoms. The number of anilines is 1. The summed E-state index contributed by atoms with van der Waals surface area (Å²) in [7, 11) is 1.60. The molecule has 112 valence electrons. The van der Waals surface area contributed by atoms with E-state index < -0.39 is 0 Å². The highest BCUT2D eigenvalue weighted by molar-refractivity contribution is 5.72. The number of rotatable bonds is 3. The van der Waals surface area contributed by atoms with Gasteiger partial charge < -0.3 is 15.6 Å². The lowest BCUT2D eigenvalue weighted by Gasteiger charge is -2.07. The summed E-state index contributed by atoms with van der Waals surface area (Å²) in [5, 5.41) is 18.2. The van der Waals surface area contributed by atoms with Crippen molar-refractivity contribution in [3.63, 3.8) is 0 Å². The monoisotopic (exact) mass is 296 g/mol. The largest absolute Gasteiger partial charge is 0.506 e. The number of nitrogens with zero attached hydrogens (tertiary/aromatic N) is 3. The Hall–Kier alpha value is -3.02. The van der Waals surface area contributed by atoms with E-state index in [1.54, 1.807) is 19.2 Å². The van der Waals surface area contributed by atoms with Gasteiger partial charge in [0, 0.05) is 5.56 Å². The number of benzene rings is 2. The highest BCUT2D eigenvalue weighted by atomic mass is 16.5. The standard InChI is InChI=1S/C16H16N4O2/c1-10-6-7-13(14(21)8-10)20-16(17)15(18-19-20)11-4-3-5-12(9-11)22-2/h3-9,21H,17H2,1-2H3. The Morgan fingerprint density at radius 3 is 2.73 bits per heavy atom. The van der Waals surface area contributed by atoms with Crippen molar-refractivity contribution >= 4 is 5.82 Å². The summed E-state index contributed by atoms with van der Waals surface area (Å²) in [5.41, 5.74) is 8.94. The minimum atomic E-state index is 0.105. The first-order chi connectivity index (χ1) is 10.6. The van der Waals surface area contributed by atoms with Crippen LogP contribution in [0.2, 0.25) is 0 Å². The molecule has 0 unspecified atom stereocenters. The van der Waals surface area contributed by atoms with Crippen LogP contribution < -0.4 is 10.5 Å². The third-order valence-electron chi connectivity index (χ3n) is 3.41. The number of aryl methyl sites for hydroxylation is 1. The van der Waals surface area contributed by atoms with Gasteiger partial charge in [-0.25, -0.2) is 0 Å². The lowest BCUT2D eigenvalue weighted by molar-refractivity contribution is 0.415. The maximum Gasteiger partial charge on any atom is 0.156 e. The zero-order valence-electron chi connectivity index (χ0n) is 12.3. The Balaban J connectivity index is 2.08. The van der Waals surface area contributed by atoms with Gasteiger partial charge in [0.05, 0.1) is 7.11 Å². The van der Waals surface area contributed by atoms with Crippen LogP contribution in [0.5, 0.6) is 11.5 Å². The molecule has 1 aromatic heterocycles. The van der Waals surface area contributed by atoms with Crippen molar-refractivity contribution in [2.45, 2.75) is 6.92 Å². The van der Waals surface area contributed by atoms with E-state index in [9.17, 15) is 5.11 Å². The van der Waals surface area contributed by atoms with Crippen LogP contribution in [-0.4, -0.2) is 27.2 Å². The number of nitrogen functional groups attached to an aromatic ring is 1. The number of aromatic hydroxyl groups is 1. The Labute approximate surface area is 127 Å². The first kappa shape index (κ1) is 13.9. The second-order valence-electron chi connectivity index (χ2n) is 4.96. The summed E-state index contributed by atoms with van der Waals surface area (Å²) in [6.07, 6.45) is 0. The zero-order valence-corrected chi connectivity index (χ0v) is 12.3. The van der Waals surface area contributed by atoms with Crippen molar-refractivity contribution < 1.29 is 9.84 Å². The molecule has 0 aliphatic rings. The van der Waals surface area contributed by atoms with Crippen LogP contribution in [0.25, 0.3) is 16.9 Å². The van der Waals surface area contributed by atoms with Crippen molar-refractivity contribution in [2.75, 3.05) is 12.8 Å². The minimum Gasteiger partial charge on any atom is -0.506 e. The number of hydrogen-bond donors (Lipinski definition) is 2. The van der Waals surface area contributed by atoms with Crippen LogP contribution in [0, 0.1) is 6.92 Å². The fourth-order valence-electron chi connectivity index (χ4n) is 2.26. The molecular formula is C16H16N4O2. The second-order valence-corrected chi connectivity index (χ2v) is 4.96. The summed E-state index contributed by atoms with van der Waals surface area (Å²) < 4.78 is 6.62. The van der Waals surface area contributed by atoms with Gasteiger partial charge in [0.15, 0.2) is 5.82 Å². The Bertz CT molecular complexity index is 827. The van der Waals surface area contributed by atoms with E-state index in [0.717, 1.165) is 11.1 Å². The van der Waals surface area contributed by atoms with Gasteiger partial charge in [0.1, 0.15) is 22.9 Å². The van der Waals surface area contributed by atoms with Crippen LogP contribution in [0.4, 0.5) is 5.82 Å². The molecule has 6 heteroatoms. The molecule has 22 heavy (non-hydrogen) atoms. The van der Waals surface area contributed by atoms with E-state index in [2.05, 4.69) is 10.3 Å². The normalized spacial score (nSPS) is 10.6. The number of nitrogens with two attached hydrogens (primary N) is 1. The molecule has 2 aromatic carbocycles. The number of hydrogen-bond acceptors (Lipinski definition) is 5. The molecule has 0 atom stereocenters. The van der Waals surface area contributed by atoms with Gasteiger partial charge in [-0.1, -0.05) is 23.4 Å². The van der Waals surface area contributed by atoms with E-state index in [-0.39, 0.29) is 5.75 Å². The molecular weight excluding hydrogens is 280 g/mol. The minimum absolute atomic E-state index is 0.105. The average molecular weight is 296 g/mol. The first-order valence-electron chi connectivity index (χ1n) is 6.75. The van der Waals surface area contributed by atoms with E-state index >= 15 is 0 Å². The summed E-state index contributed by atoms with van der Waals surface area (Å²) in [4.78, 5) is 0. The smallest absolute Gasteiger partial charge is 0.156 e. The van der Waals surface area contributed by atoms with Crippen molar-refractivity contribution in [1.29, 1.82) is 0 Å². The van der Waals surface area contributed by atoms with Gasteiger partial charge in [-0.3, -0.25) is 0 Å². The molecule has 3 aromatic rings. The van der Waals surface area contributed by atoms with Gasteiger partial charge in [0.25, 0.3) is 0 Å².